The molecule has 4 heterocycles. The molecular formula is C20H29N7O5. The van der Waals surface area contributed by atoms with Crippen LogP contribution in [0.15, 0.2) is 6.33 Å². The van der Waals surface area contributed by atoms with Gasteiger partial charge in [-0.1, -0.05) is 0 Å². The van der Waals surface area contributed by atoms with E-state index in [0.717, 1.165) is 0 Å². The molecule has 2 aromatic rings. The van der Waals surface area contributed by atoms with Crippen LogP contribution in [0.25, 0.3) is 11.2 Å². The SMILES string of the molecule is C[C@@]1(O)C[C@@H]2CN(C(=O)CCCC(=O)O)CC[C@@H]2OC[C@H]1n1cnc2c(N)nc(N)nc21. The molecule has 2 fully saturated rings. The zero-order valence-corrected chi connectivity index (χ0v) is 18.0. The summed E-state index contributed by atoms with van der Waals surface area (Å²) in [5, 5.41) is 20.2. The number of aliphatic carboxylic acids is 1. The fourth-order valence-electron chi connectivity index (χ4n) is 4.83. The number of ether oxygens (including phenoxy) is 1. The summed E-state index contributed by atoms with van der Waals surface area (Å²) in [6.45, 7) is 3.01. The summed E-state index contributed by atoms with van der Waals surface area (Å²) >= 11 is 0. The number of carboxylic acids is 1. The van der Waals surface area contributed by atoms with Crippen molar-refractivity contribution in [2.24, 2.45) is 5.92 Å². The number of nitrogen functional groups attached to an aromatic ring is 2. The summed E-state index contributed by atoms with van der Waals surface area (Å²) < 4.78 is 7.93. The molecule has 1 amide bonds. The van der Waals surface area contributed by atoms with E-state index in [4.69, 9.17) is 21.3 Å². The Labute approximate surface area is 184 Å². The van der Waals surface area contributed by atoms with Gasteiger partial charge in [0, 0.05) is 31.8 Å². The van der Waals surface area contributed by atoms with E-state index in [1.807, 2.05) is 0 Å². The van der Waals surface area contributed by atoms with Crippen LogP contribution in [0, 0.1) is 5.92 Å². The third kappa shape index (κ3) is 4.32. The number of carbonyl (C=O) groups excluding carboxylic acids is 1. The molecular weight excluding hydrogens is 418 g/mol. The smallest absolute Gasteiger partial charge is 0.303 e. The average Bonchev–Trinajstić information content (AvgIpc) is 3.06. The molecule has 0 spiro atoms. The Morgan fingerprint density at radius 3 is 2.84 bits per heavy atom. The van der Waals surface area contributed by atoms with Gasteiger partial charge in [-0.25, -0.2) is 4.98 Å². The first kappa shape index (κ1) is 22.2. The molecule has 2 aliphatic rings. The Morgan fingerprint density at radius 1 is 1.31 bits per heavy atom. The zero-order valence-electron chi connectivity index (χ0n) is 18.0. The third-order valence-electron chi connectivity index (χ3n) is 6.46. The molecule has 0 aliphatic carbocycles. The first-order chi connectivity index (χ1) is 15.2. The lowest BCUT2D eigenvalue weighted by molar-refractivity contribution is -0.138. The number of piperidine rings is 1. The number of nitrogens with zero attached hydrogens (tertiary/aromatic N) is 5. The summed E-state index contributed by atoms with van der Waals surface area (Å²) in [6, 6.07) is -0.480. The minimum atomic E-state index is -1.17. The molecule has 0 unspecified atom stereocenters. The summed E-state index contributed by atoms with van der Waals surface area (Å²) in [5.41, 5.74) is 11.4. The second-order valence-corrected chi connectivity index (χ2v) is 8.88. The number of aliphatic hydroxyl groups is 1. The second kappa shape index (κ2) is 8.51. The van der Waals surface area contributed by atoms with E-state index in [0.29, 0.717) is 43.5 Å². The molecule has 4 rings (SSSR count). The second-order valence-electron chi connectivity index (χ2n) is 8.88. The number of imidazole rings is 1. The highest BCUT2D eigenvalue weighted by Crippen LogP contribution is 2.39. The van der Waals surface area contributed by atoms with Gasteiger partial charge >= 0.3 is 5.97 Å². The number of anilines is 2. The van der Waals surface area contributed by atoms with Crippen LogP contribution < -0.4 is 11.5 Å². The van der Waals surface area contributed by atoms with Crippen molar-refractivity contribution in [1.29, 1.82) is 0 Å². The topological polar surface area (TPSA) is 183 Å². The number of amides is 1. The molecule has 0 radical (unpaired) electrons. The standard InChI is InChI=1S/C20H29N7O5/c1-20(31)7-11-8-26(14(28)3-2-4-15(29)30)6-5-12(11)32-9-13(20)27-10-23-16-17(21)24-19(22)25-18(16)27/h10-13,31H,2-9H2,1H3,(H,29,30)(H4,21,22,24,25)/t11-,12+,13-,20-/m1/s1. The van der Waals surface area contributed by atoms with E-state index in [-0.39, 0.29) is 49.1 Å². The van der Waals surface area contributed by atoms with Gasteiger partial charge < -0.3 is 35.9 Å². The van der Waals surface area contributed by atoms with E-state index in [9.17, 15) is 14.7 Å². The van der Waals surface area contributed by atoms with Crippen LogP contribution in [0.2, 0.25) is 0 Å². The maximum atomic E-state index is 12.5. The number of hydrogen-bond donors (Lipinski definition) is 4. The fourth-order valence-corrected chi connectivity index (χ4v) is 4.83. The Bertz CT molecular complexity index is 1020. The Morgan fingerprint density at radius 2 is 2.09 bits per heavy atom. The van der Waals surface area contributed by atoms with E-state index in [1.54, 1.807) is 22.7 Å². The molecule has 0 bridgehead atoms. The monoisotopic (exact) mass is 447 g/mol. The van der Waals surface area contributed by atoms with Crippen molar-refractivity contribution >= 4 is 34.8 Å². The maximum Gasteiger partial charge on any atom is 0.303 e. The molecule has 2 saturated heterocycles. The van der Waals surface area contributed by atoms with E-state index in [2.05, 4.69) is 15.0 Å². The number of carbonyl (C=O) groups is 2. The lowest BCUT2D eigenvalue weighted by Gasteiger charge is -2.39. The summed E-state index contributed by atoms with van der Waals surface area (Å²) in [5.74, 6) is -0.820. The number of rotatable bonds is 5. The van der Waals surface area contributed by atoms with Crippen molar-refractivity contribution < 1.29 is 24.5 Å². The molecule has 32 heavy (non-hydrogen) atoms. The maximum absolute atomic E-state index is 12.5. The van der Waals surface area contributed by atoms with Crippen LogP contribution >= 0.6 is 0 Å². The van der Waals surface area contributed by atoms with Crippen LogP contribution in [-0.2, 0) is 14.3 Å². The van der Waals surface area contributed by atoms with Crippen molar-refractivity contribution in [2.45, 2.75) is 56.8 Å². The lowest BCUT2D eigenvalue weighted by Crippen LogP contribution is -2.48. The van der Waals surface area contributed by atoms with Gasteiger partial charge in [0.1, 0.15) is 5.52 Å². The highest BCUT2D eigenvalue weighted by molar-refractivity contribution is 5.82. The molecule has 0 saturated carbocycles. The van der Waals surface area contributed by atoms with Crippen LogP contribution in [0.4, 0.5) is 11.8 Å². The first-order valence-corrected chi connectivity index (χ1v) is 10.7. The first-order valence-electron chi connectivity index (χ1n) is 10.7. The van der Waals surface area contributed by atoms with Gasteiger partial charge in [-0.15, -0.1) is 0 Å². The van der Waals surface area contributed by atoms with Gasteiger partial charge in [-0.3, -0.25) is 9.59 Å². The van der Waals surface area contributed by atoms with Crippen molar-refractivity contribution in [3.63, 3.8) is 0 Å². The highest BCUT2D eigenvalue weighted by atomic mass is 16.5. The molecule has 2 aliphatic heterocycles. The molecule has 174 valence electrons. The number of hydrogen-bond acceptors (Lipinski definition) is 9. The summed E-state index contributed by atoms with van der Waals surface area (Å²) in [4.78, 5) is 37.5. The predicted molar refractivity (Wildman–Crippen MR) is 114 cm³/mol. The molecule has 2 aromatic heterocycles. The molecule has 12 nitrogen and oxygen atoms in total. The minimum absolute atomic E-state index is 0.0247. The van der Waals surface area contributed by atoms with Crippen molar-refractivity contribution in [1.82, 2.24) is 24.4 Å². The van der Waals surface area contributed by atoms with Crippen LogP contribution in [0.1, 0.15) is 45.1 Å². The van der Waals surface area contributed by atoms with E-state index < -0.39 is 17.6 Å². The number of fused-ring (bicyclic) bond motifs is 2. The Hall–Kier alpha value is -2.99. The van der Waals surface area contributed by atoms with Crippen molar-refractivity contribution in [3.05, 3.63) is 6.33 Å². The molecule has 6 N–H and O–H groups in total. The Kier molecular flexibility index (Phi) is 5.91. The molecule has 0 aromatic carbocycles. The summed E-state index contributed by atoms with van der Waals surface area (Å²) in [6.07, 6.45) is 3.04. The molecule has 4 atom stereocenters. The largest absolute Gasteiger partial charge is 0.481 e. The highest BCUT2D eigenvalue weighted by Gasteiger charge is 2.45. The predicted octanol–water partition coefficient (Wildman–Crippen LogP) is 0.175. The average molecular weight is 447 g/mol. The van der Waals surface area contributed by atoms with Crippen LogP contribution in [0.3, 0.4) is 0 Å². The number of likely N-dealkylation sites (tertiary alicyclic amines) is 1. The third-order valence-corrected chi connectivity index (χ3v) is 6.46. The van der Waals surface area contributed by atoms with Gasteiger partial charge in [0.25, 0.3) is 0 Å². The van der Waals surface area contributed by atoms with E-state index >= 15 is 0 Å². The number of nitrogens with two attached hydrogens (primary N) is 2. The van der Waals surface area contributed by atoms with Gasteiger partial charge in [-0.2, -0.15) is 9.97 Å². The van der Waals surface area contributed by atoms with Crippen LogP contribution in [0.5, 0.6) is 0 Å². The fraction of sp³-hybridized carbons (Fsp3) is 0.650. The number of aromatic nitrogens is 4. The van der Waals surface area contributed by atoms with Gasteiger partial charge in [0.05, 0.1) is 30.7 Å². The van der Waals surface area contributed by atoms with Crippen molar-refractivity contribution in [2.75, 3.05) is 31.2 Å². The minimum Gasteiger partial charge on any atom is -0.481 e. The van der Waals surface area contributed by atoms with Crippen LogP contribution in [-0.4, -0.2) is 77.9 Å². The van der Waals surface area contributed by atoms with Gasteiger partial charge in [0.2, 0.25) is 11.9 Å². The van der Waals surface area contributed by atoms with Gasteiger partial charge in [0.15, 0.2) is 11.5 Å². The Balaban J connectivity index is 1.51. The van der Waals surface area contributed by atoms with Crippen molar-refractivity contribution in [3.8, 4) is 0 Å². The lowest BCUT2D eigenvalue weighted by atomic mass is 9.82. The summed E-state index contributed by atoms with van der Waals surface area (Å²) in [7, 11) is 0. The number of carboxylic acid groups (broad SMARTS) is 1. The zero-order chi connectivity index (χ0) is 23.0. The molecule has 12 heteroatoms. The normalized spacial score (nSPS) is 28.3. The van der Waals surface area contributed by atoms with Gasteiger partial charge in [-0.05, 0) is 26.2 Å². The van der Waals surface area contributed by atoms with E-state index in [1.165, 1.54) is 0 Å². The quantitative estimate of drug-likeness (QED) is 0.493.